The van der Waals surface area contributed by atoms with Crippen molar-refractivity contribution in [2.45, 2.75) is 31.1 Å². The summed E-state index contributed by atoms with van der Waals surface area (Å²) >= 11 is 4.95. The van der Waals surface area contributed by atoms with Crippen LogP contribution in [0.3, 0.4) is 0 Å². The van der Waals surface area contributed by atoms with Crippen LogP contribution in [-0.2, 0) is 20.2 Å². The highest BCUT2D eigenvalue weighted by molar-refractivity contribution is 7.89. The maximum Gasteiger partial charge on any atom is 0.257 e. The Morgan fingerprint density at radius 3 is 2.32 bits per heavy atom. The number of methoxy groups -OCH3 is 1. The average molecular weight is 345 g/mol. The Hall–Kier alpha value is -1.22. The van der Waals surface area contributed by atoms with Crippen LogP contribution in [0.15, 0.2) is 29.2 Å². The second-order valence-corrected chi connectivity index (χ2v) is 7.84. The summed E-state index contributed by atoms with van der Waals surface area (Å²) in [5.41, 5.74) is 3.49. The van der Waals surface area contributed by atoms with Gasteiger partial charge in [-0.25, -0.2) is 8.42 Å². The molecule has 0 saturated carbocycles. The first-order chi connectivity index (χ1) is 10.2. The number of sulfonamides is 1. The lowest BCUT2D eigenvalue weighted by atomic mass is 9.87. The van der Waals surface area contributed by atoms with Gasteiger partial charge in [0.15, 0.2) is 5.11 Å². The van der Waals surface area contributed by atoms with Crippen molar-refractivity contribution in [2.75, 3.05) is 20.3 Å². The van der Waals surface area contributed by atoms with Crippen LogP contribution in [0.5, 0.6) is 0 Å². The molecule has 0 unspecified atom stereocenters. The molecule has 3 N–H and O–H groups in total. The van der Waals surface area contributed by atoms with E-state index in [0.717, 1.165) is 5.56 Å². The summed E-state index contributed by atoms with van der Waals surface area (Å²) in [5.74, 6) is 0. The van der Waals surface area contributed by atoms with E-state index in [0.29, 0.717) is 13.2 Å². The summed E-state index contributed by atoms with van der Waals surface area (Å²) in [4.78, 5) is 2.41. The molecule has 124 valence electrons. The molecular weight excluding hydrogens is 322 g/mol. The minimum absolute atomic E-state index is 0.0270. The number of hydrogen-bond donors (Lipinski definition) is 3. The van der Waals surface area contributed by atoms with Crippen LogP contribution in [0, 0.1) is 0 Å². The molecule has 0 atom stereocenters. The molecule has 0 saturated heterocycles. The summed E-state index contributed by atoms with van der Waals surface area (Å²) in [5, 5.41) is 2.99. The third kappa shape index (κ3) is 5.88. The molecule has 0 aliphatic heterocycles. The van der Waals surface area contributed by atoms with Gasteiger partial charge in [-0.15, -0.1) is 4.83 Å². The van der Waals surface area contributed by atoms with Gasteiger partial charge in [-0.05, 0) is 35.3 Å². The Bertz CT molecular complexity index is 593. The molecule has 1 aromatic rings. The van der Waals surface area contributed by atoms with Crippen LogP contribution in [0.2, 0.25) is 0 Å². The SMILES string of the molecule is COCCNC(=S)NNS(=O)(=O)c1ccc(C(C)(C)C)cc1. The van der Waals surface area contributed by atoms with E-state index in [1.807, 2.05) is 12.1 Å². The van der Waals surface area contributed by atoms with Crippen LogP contribution in [0.4, 0.5) is 0 Å². The fraction of sp³-hybridized carbons (Fsp3) is 0.500. The lowest BCUT2D eigenvalue weighted by molar-refractivity contribution is 0.204. The third-order valence-corrected chi connectivity index (χ3v) is 4.43. The number of ether oxygens (including phenoxy) is 1. The van der Waals surface area contributed by atoms with E-state index in [2.05, 4.69) is 36.3 Å². The molecule has 1 aromatic carbocycles. The van der Waals surface area contributed by atoms with Crippen LogP contribution in [-0.4, -0.2) is 33.8 Å². The summed E-state index contributed by atoms with van der Waals surface area (Å²) < 4.78 is 29.1. The zero-order chi connectivity index (χ0) is 16.8. The Labute approximate surface area is 137 Å². The Morgan fingerprint density at radius 2 is 1.82 bits per heavy atom. The third-order valence-electron chi connectivity index (χ3n) is 2.92. The van der Waals surface area contributed by atoms with Gasteiger partial charge in [0.1, 0.15) is 0 Å². The van der Waals surface area contributed by atoms with Crippen molar-refractivity contribution in [2.24, 2.45) is 0 Å². The lowest BCUT2D eigenvalue weighted by Gasteiger charge is -2.19. The van der Waals surface area contributed by atoms with Gasteiger partial charge in [-0.1, -0.05) is 32.9 Å². The first-order valence-corrected chi connectivity index (χ1v) is 8.71. The maximum atomic E-state index is 12.1. The van der Waals surface area contributed by atoms with Gasteiger partial charge in [-0.2, -0.15) is 0 Å². The predicted octanol–water partition coefficient (Wildman–Crippen LogP) is 1.29. The smallest absolute Gasteiger partial charge is 0.257 e. The van der Waals surface area contributed by atoms with Crippen LogP contribution in [0.25, 0.3) is 0 Å². The second-order valence-electron chi connectivity index (χ2n) is 5.75. The Morgan fingerprint density at radius 1 is 1.23 bits per heavy atom. The largest absolute Gasteiger partial charge is 0.383 e. The van der Waals surface area contributed by atoms with E-state index in [1.54, 1.807) is 19.2 Å². The summed E-state index contributed by atoms with van der Waals surface area (Å²) in [6, 6.07) is 6.77. The zero-order valence-corrected chi connectivity index (χ0v) is 14.9. The first kappa shape index (κ1) is 18.8. The van der Waals surface area contributed by atoms with E-state index in [-0.39, 0.29) is 15.4 Å². The maximum absolute atomic E-state index is 12.1. The molecule has 0 amide bonds. The van der Waals surface area contributed by atoms with Crippen LogP contribution >= 0.6 is 12.2 Å². The number of nitrogens with one attached hydrogen (secondary N) is 3. The second kappa shape index (κ2) is 7.87. The lowest BCUT2D eigenvalue weighted by Crippen LogP contribution is -2.47. The zero-order valence-electron chi connectivity index (χ0n) is 13.3. The summed E-state index contributed by atoms with van der Waals surface area (Å²) in [7, 11) is -2.10. The van der Waals surface area contributed by atoms with Crippen molar-refractivity contribution in [3.8, 4) is 0 Å². The standard InChI is InChI=1S/C14H23N3O3S2/c1-14(2,3)11-5-7-12(8-6-11)22(18,19)17-16-13(21)15-9-10-20-4/h5-8,17H,9-10H2,1-4H3,(H2,15,16,21). The molecule has 0 fully saturated rings. The van der Waals surface area contributed by atoms with Crippen LogP contribution in [0.1, 0.15) is 26.3 Å². The van der Waals surface area contributed by atoms with Gasteiger partial charge in [0.05, 0.1) is 11.5 Å². The van der Waals surface area contributed by atoms with Gasteiger partial charge in [-0.3, -0.25) is 5.43 Å². The van der Waals surface area contributed by atoms with Gasteiger partial charge in [0.25, 0.3) is 10.0 Å². The Kier molecular flexibility index (Phi) is 6.73. The van der Waals surface area contributed by atoms with Crippen molar-refractivity contribution < 1.29 is 13.2 Å². The van der Waals surface area contributed by atoms with Gasteiger partial charge in [0, 0.05) is 13.7 Å². The van der Waals surface area contributed by atoms with Gasteiger partial charge < -0.3 is 10.1 Å². The average Bonchev–Trinajstić information content (AvgIpc) is 2.45. The molecular formula is C14H23N3O3S2. The van der Waals surface area contributed by atoms with Crippen LogP contribution < -0.4 is 15.6 Å². The number of hydrogen-bond acceptors (Lipinski definition) is 4. The van der Waals surface area contributed by atoms with Crippen molar-refractivity contribution >= 4 is 27.4 Å². The Balaban J connectivity index is 2.65. The highest BCUT2D eigenvalue weighted by atomic mass is 32.2. The van der Waals surface area contributed by atoms with Crippen molar-refractivity contribution in [1.29, 1.82) is 0 Å². The van der Waals surface area contributed by atoms with Crippen molar-refractivity contribution in [3.63, 3.8) is 0 Å². The molecule has 0 aliphatic rings. The summed E-state index contributed by atoms with van der Waals surface area (Å²) in [6.07, 6.45) is 0. The normalized spacial score (nSPS) is 12.0. The number of rotatable bonds is 6. The monoisotopic (exact) mass is 345 g/mol. The molecule has 0 heterocycles. The number of benzene rings is 1. The topological polar surface area (TPSA) is 79.5 Å². The molecule has 0 aromatic heterocycles. The van der Waals surface area contributed by atoms with E-state index >= 15 is 0 Å². The van der Waals surface area contributed by atoms with Gasteiger partial charge in [0.2, 0.25) is 0 Å². The van der Waals surface area contributed by atoms with E-state index < -0.39 is 10.0 Å². The minimum Gasteiger partial charge on any atom is -0.383 e. The highest BCUT2D eigenvalue weighted by Crippen LogP contribution is 2.23. The quantitative estimate of drug-likeness (QED) is 0.410. The predicted molar refractivity (Wildman–Crippen MR) is 91.1 cm³/mol. The molecule has 22 heavy (non-hydrogen) atoms. The molecule has 0 spiro atoms. The molecule has 0 bridgehead atoms. The fourth-order valence-corrected chi connectivity index (χ4v) is 2.68. The number of hydrazine groups is 1. The van der Waals surface area contributed by atoms with E-state index in [4.69, 9.17) is 17.0 Å². The summed E-state index contributed by atoms with van der Waals surface area (Å²) in [6.45, 7) is 7.18. The van der Waals surface area contributed by atoms with E-state index in [9.17, 15) is 8.42 Å². The molecule has 1 rings (SSSR count). The van der Waals surface area contributed by atoms with E-state index in [1.165, 1.54) is 0 Å². The highest BCUT2D eigenvalue weighted by Gasteiger charge is 2.17. The van der Waals surface area contributed by atoms with Gasteiger partial charge >= 0.3 is 0 Å². The molecule has 0 radical (unpaired) electrons. The van der Waals surface area contributed by atoms with Crippen molar-refractivity contribution in [3.05, 3.63) is 29.8 Å². The number of thiocarbonyl (C=S) groups is 1. The molecule has 8 heteroatoms. The first-order valence-electron chi connectivity index (χ1n) is 6.82. The molecule has 6 nitrogen and oxygen atoms in total. The molecule has 0 aliphatic carbocycles. The minimum atomic E-state index is -3.67. The van der Waals surface area contributed by atoms with Crippen molar-refractivity contribution in [1.82, 2.24) is 15.6 Å². The fourth-order valence-electron chi connectivity index (χ4n) is 1.62.